The number of nitrogens with one attached hydrogen (secondary N) is 1. The van der Waals surface area contributed by atoms with E-state index in [2.05, 4.69) is 4.72 Å². The number of carboxylic acid groups (broad SMARTS) is 1. The average Bonchev–Trinajstić information content (AvgIpc) is 2.38. The summed E-state index contributed by atoms with van der Waals surface area (Å²) < 4.78 is 32.6. The van der Waals surface area contributed by atoms with Crippen LogP contribution in [-0.4, -0.2) is 38.2 Å². The van der Waals surface area contributed by atoms with Crippen molar-refractivity contribution in [1.29, 1.82) is 0 Å². The first-order valence-corrected chi connectivity index (χ1v) is 8.30. The Balaban J connectivity index is 2.06. The van der Waals surface area contributed by atoms with Crippen molar-refractivity contribution in [3.63, 3.8) is 0 Å². The molecule has 6 nitrogen and oxygen atoms in total. The number of carboxylic acids is 1. The van der Waals surface area contributed by atoms with Gasteiger partial charge >= 0.3 is 5.97 Å². The van der Waals surface area contributed by atoms with E-state index in [0.717, 1.165) is 0 Å². The molecule has 0 aromatic heterocycles. The second-order valence-corrected chi connectivity index (χ2v) is 6.95. The summed E-state index contributed by atoms with van der Waals surface area (Å²) in [6.45, 7) is 2.47. The van der Waals surface area contributed by atoms with Gasteiger partial charge in [-0.15, -0.1) is 0 Å². The van der Waals surface area contributed by atoms with Gasteiger partial charge in [0.2, 0.25) is 10.0 Å². The molecule has 1 aliphatic heterocycles. The van der Waals surface area contributed by atoms with Crippen LogP contribution >= 0.6 is 0 Å². The Kier molecular flexibility index (Phi) is 4.97. The molecule has 1 heterocycles. The topological polar surface area (TPSA) is 92.7 Å². The summed E-state index contributed by atoms with van der Waals surface area (Å²) in [4.78, 5) is 10.8. The fourth-order valence-electron chi connectivity index (χ4n) is 2.35. The van der Waals surface area contributed by atoms with Crippen LogP contribution in [0.5, 0.6) is 0 Å². The minimum absolute atomic E-state index is 0.0457. The third-order valence-corrected chi connectivity index (χ3v) is 4.93. The highest BCUT2D eigenvalue weighted by atomic mass is 32.2. The molecule has 1 fully saturated rings. The van der Waals surface area contributed by atoms with Gasteiger partial charge in [-0.3, -0.25) is 4.79 Å². The second-order valence-electron chi connectivity index (χ2n) is 5.24. The van der Waals surface area contributed by atoms with E-state index in [1.165, 1.54) is 24.3 Å². The Morgan fingerprint density at radius 1 is 1.38 bits per heavy atom. The number of sulfonamides is 1. The first-order chi connectivity index (χ1) is 9.87. The zero-order valence-electron chi connectivity index (χ0n) is 11.8. The van der Waals surface area contributed by atoms with Gasteiger partial charge in [0.1, 0.15) is 0 Å². The van der Waals surface area contributed by atoms with Crippen molar-refractivity contribution >= 4 is 16.0 Å². The van der Waals surface area contributed by atoms with Gasteiger partial charge in [0.05, 0.1) is 17.4 Å². The number of hydrogen-bond donors (Lipinski definition) is 2. The van der Waals surface area contributed by atoms with E-state index >= 15 is 0 Å². The number of carbonyl (C=O) groups is 1. The van der Waals surface area contributed by atoms with Crippen molar-refractivity contribution in [2.75, 3.05) is 6.61 Å². The summed E-state index contributed by atoms with van der Waals surface area (Å²) in [7, 11) is -3.58. The van der Waals surface area contributed by atoms with Crippen molar-refractivity contribution in [2.45, 2.75) is 43.2 Å². The third-order valence-electron chi connectivity index (χ3n) is 3.40. The Bertz CT molecular complexity index is 596. The molecule has 2 unspecified atom stereocenters. The van der Waals surface area contributed by atoms with Crippen LogP contribution in [0.1, 0.15) is 25.3 Å². The van der Waals surface area contributed by atoms with Crippen LogP contribution in [-0.2, 0) is 26.0 Å². The minimum atomic E-state index is -3.58. The lowest BCUT2D eigenvalue weighted by atomic mass is 10.1. The molecule has 1 aromatic carbocycles. The van der Waals surface area contributed by atoms with Gasteiger partial charge in [0.15, 0.2) is 0 Å². The zero-order valence-corrected chi connectivity index (χ0v) is 12.6. The van der Waals surface area contributed by atoms with Crippen molar-refractivity contribution in [2.24, 2.45) is 0 Å². The van der Waals surface area contributed by atoms with E-state index in [1.807, 2.05) is 6.92 Å². The van der Waals surface area contributed by atoms with Crippen molar-refractivity contribution < 1.29 is 23.1 Å². The molecule has 0 radical (unpaired) electrons. The fraction of sp³-hybridized carbons (Fsp3) is 0.500. The molecule has 21 heavy (non-hydrogen) atoms. The van der Waals surface area contributed by atoms with Crippen LogP contribution in [0.25, 0.3) is 0 Å². The number of benzene rings is 1. The largest absolute Gasteiger partial charge is 0.481 e. The van der Waals surface area contributed by atoms with Gasteiger partial charge in [0, 0.05) is 12.6 Å². The van der Waals surface area contributed by atoms with Gasteiger partial charge in [-0.25, -0.2) is 13.1 Å². The normalized spacial score (nSPS) is 22.9. The summed E-state index contributed by atoms with van der Waals surface area (Å²) in [5.74, 6) is -0.945. The molecule has 0 bridgehead atoms. The Hall–Kier alpha value is -1.44. The van der Waals surface area contributed by atoms with Crippen LogP contribution in [0.3, 0.4) is 0 Å². The van der Waals surface area contributed by atoms with Gasteiger partial charge in [-0.1, -0.05) is 12.1 Å². The van der Waals surface area contributed by atoms with E-state index in [1.54, 1.807) is 0 Å². The minimum Gasteiger partial charge on any atom is -0.481 e. The quantitative estimate of drug-likeness (QED) is 0.851. The molecular formula is C14H19NO5S. The maximum Gasteiger partial charge on any atom is 0.307 e. The molecule has 2 N–H and O–H groups in total. The lowest BCUT2D eigenvalue weighted by molar-refractivity contribution is -0.136. The monoisotopic (exact) mass is 313 g/mol. The maximum atomic E-state index is 12.3. The Morgan fingerprint density at radius 3 is 2.62 bits per heavy atom. The molecule has 7 heteroatoms. The van der Waals surface area contributed by atoms with Crippen LogP contribution in [0.4, 0.5) is 0 Å². The highest BCUT2D eigenvalue weighted by Gasteiger charge is 2.25. The standard InChI is InChI=1S/C14H19NO5S/c1-10-8-12(6-7-20-10)15-21(18,19)13-4-2-11(3-5-13)9-14(16)17/h2-5,10,12,15H,6-9H2,1H3,(H,16,17). The average molecular weight is 313 g/mol. The van der Waals surface area contributed by atoms with Crippen molar-refractivity contribution in [1.82, 2.24) is 4.72 Å². The predicted octanol–water partition coefficient (Wildman–Crippen LogP) is 1.16. The van der Waals surface area contributed by atoms with Crippen LogP contribution < -0.4 is 4.72 Å². The second kappa shape index (κ2) is 6.55. The van der Waals surface area contributed by atoms with Gasteiger partial charge in [-0.05, 0) is 37.5 Å². The fourth-order valence-corrected chi connectivity index (χ4v) is 3.64. The Labute approximate surface area is 124 Å². The van der Waals surface area contributed by atoms with Crippen LogP contribution in [0.2, 0.25) is 0 Å². The van der Waals surface area contributed by atoms with Gasteiger partial charge in [-0.2, -0.15) is 0 Å². The van der Waals surface area contributed by atoms with Crippen molar-refractivity contribution in [3.05, 3.63) is 29.8 Å². The van der Waals surface area contributed by atoms with E-state index < -0.39 is 16.0 Å². The number of aliphatic carboxylic acids is 1. The van der Waals surface area contributed by atoms with Crippen LogP contribution in [0, 0.1) is 0 Å². The Morgan fingerprint density at radius 2 is 2.05 bits per heavy atom. The molecule has 1 aliphatic rings. The lowest BCUT2D eigenvalue weighted by Crippen LogP contribution is -2.41. The molecule has 2 atom stereocenters. The molecule has 0 spiro atoms. The summed E-state index contributed by atoms with van der Waals surface area (Å²) in [6.07, 6.45) is 1.23. The third kappa shape index (κ3) is 4.52. The zero-order chi connectivity index (χ0) is 15.5. The lowest BCUT2D eigenvalue weighted by Gasteiger charge is -2.27. The SMILES string of the molecule is CC1CC(NS(=O)(=O)c2ccc(CC(=O)O)cc2)CCO1. The van der Waals surface area contributed by atoms with Crippen molar-refractivity contribution in [3.8, 4) is 0 Å². The first-order valence-electron chi connectivity index (χ1n) is 6.81. The summed E-state index contributed by atoms with van der Waals surface area (Å²) >= 11 is 0. The number of hydrogen-bond acceptors (Lipinski definition) is 4. The number of rotatable bonds is 5. The summed E-state index contributed by atoms with van der Waals surface area (Å²) in [6, 6.07) is 5.79. The highest BCUT2D eigenvalue weighted by molar-refractivity contribution is 7.89. The smallest absolute Gasteiger partial charge is 0.307 e. The number of ether oxygens (including phenoxy) is 1. The molecule has 0 saturated carbocycles. The summed E-state index contributed by atoms with van der Waals surface area (Å²) in [5.41, 5.74) is 0.570. The highest BCUT2D eigenvalue weighted by Crippen LogP contribution is 2.17. The molecule has 0 aliphatic carbocycles. The molecular weight excluding hydrogens is 294 g/mol. The first kappa shape index (κ1) is 15.9. The molecule has 0 amide bonds. The molecule has 1 aromatic rings. The van der Waals surface area contributed by atoms with E-state index in [4.69, 9.17) is 9.84 Å². The molecule has 1 saturated heterocycles. The molecule has 116 valence electrons. The molecule has 2 rings (SSSR count). The summed E-state index contributed by atoms with van der Waals surface area (Å²) in [5, 5.41) is 8.69. The van der Waals surface area contributed by atoms with Gasteiger partial charge < -0.3 is 9.84 Å². The van der Waals surface area contributed by atoms with Gasteiger partial charge in [0.25, 0.3) is 0 Å². The maximum absolute atomic E-state index is 12.3. The predicted molar refractivity (Wildman–Crippen MR) is 76.5 cm³/mol. The van der Waals surface area contributed by atoms with E-state index in [0.29, 0.717) is 25.0 Å². The van der Waals surface area contributed by atoms with Crippen LogP contribution in [0.15, 0.2) is 29.2 Å². The van der Waals surface area contributed by atoms with E-state index in [-0.39, 0.29) is 23.5 Å². The van der Waals surface area contributed by atoms with E-state index in [9.17, 15) is 13.2 Å².